The number of likely N-dealkylation sites (tertiary alicyclic amines) is 1. The van der Waals surface area contributed by atoms with Crippen molar-refractivity contribution in [1.82, 2.24) is 24.8 Å². The molecule has 1 spiro atoms. The smallest absolute Gasteiger partial charge is 0.276 e. The van der Waals surface area contributed by atoms with Crippen molar-refractivity contribution in [2.45, 2.75) is 37.9 Å². The van der Waals surface area contributed by atoms with Crippen LogP contribution in [0.4, 0.5) is 11.5 Å². The molecule has 2 aliphatic heterocycles. The van der Waals surface area contributed by atoms with Crippen molar-refractivity contribution in [2.24, 2.45) is 5.73 Å². The van der Waals surface area contributed by atoms with Crippen molar-refractivity contribution in [3.8, 4) is 0 Å². The third-order valence-electron chi connectivity index (χ3n) is 6.55. The van der Waals surface area contributed by atoms with E-state index in [1.807, 2.05) is 6.92 Å². The second-order valence-electron chi connectivity index (χ2n) is 8.72. The van der Waals surface area contributed by atoms with Gasteiger partial charge >= 0.3 is 0 Å². The topological polar surface area (TPSA) is 135 Å². The maximum Gasteiger partial charge on any atom is 0.276 e. The average Bonchev–Trinajstić information content (AvgIpc) is 3.29. The van der Waals surface area contributed by atoms with Gasteiger partial charge in [-0.3, -0.25) is 19.0 Å². The molecule has 1 saturated carbocycles. The van der Waals surface area contributed by atoms with Crippen LogP contribution in [-0.4, -0.2) is 50.4 Å². The summed E-state index contributed by atoms with van der Waals surface area (Å²) in [6.07, 6.45) is 3.85. The Morgan fingerprint density at radius 2 is 2.06 bits per heavy atom. The zero-order chi connectivity index (χ0) is 22.2. The van der Waals surface area contributed by atoms with Gasteiger partial charge in [0.1, 0.15) is 34.0 Å². The second-order valence-corrected chi connectivity index (χ2v) is 9.75. The Labute approximate surface area is 186 Å². The van der Waals surface area contributed by atoms with Gasteiger partial charge in [0, 0.05) is 19.1 Å². The normalized spacial score (nSPS) is 18.9. The molecule has 1 aliphatic carbocycles. The maximum atomic E-state index is 13.4. The number of rotatable bonds is 3. The number of aryl methyl sites for hydroxylation is 1. The summed E-state index contributed by atoms with van der Waals surface area (Å²) >= 11 is 1.29. The fourth-order valence-corrected chi connectivity index (χ4v) is 5.70. The van der Waals surface area contributed by atoms with Crippen LogP contribution in [0.15, 0.2) is 23.3 Å². The van der Waals surface area contributed by atoms with E-state index in [-0.39, 0.29) is 23.4 Å². The number of nitrogens with one attached hydrogen (secondary N) is 2. The summed E-state index contributed by atoms with van der Waals surface area (Å²) in [5, 5.41) is 6.80. The van der Waals surface area contributed by atoms with E-state index in [9.17, 15) is 14.4 Å². The summed E-state index contributed by atoms with van der Waals surface area (Å²) in [4.78, 5) is 50.1. The molecule has 6 rings (SSSR count). The molecule has 0 bridgehead atoms. The number of amides is 2. The fourth-order valence-electron chi connectivity index (χ4n) is 4.73. The first-order valence-corrected chi connectivity index (χ1v) is 11.3. The van der Waals surface area contributed by atoms with Crippen LogP contribution in [0.25, 0.3) is 10.2 Å². The summed E-state index contributed by atoms with van der Waals surface area (Å²) in [7, 11) is 0. The van der Waals surface area contributed by atoms with E-state index >= 15 is 0 Å². The molecule has 4 N–H and O–H groups in total. The van der Waals surface area contributed by atoms with Gasteiger partial charge in [-0.2, -0.15) is 0 Å². The van der Waals surface area contributed by atoms with Crippen molar-refractivity contribution in [1.29, 1.82) is 0 Å². The highest BCUT2D eigenvalue weighted by Crippen LogP contribution is 2.41. The van der Waals surface area contributed by atoms with Crippen LogP contribution in [0.1, 0.15) is 45.0 Å². The van der Waals surface area contributed by atoms with E-state index in [0.717, 1.165) is 19.3 Å². The minimum atomic E-state index is -0.618. The molecule has 2 fully saturated rings. The SMILES string of the molecule is Cc1cc(Nc2ncnc3sc(C(=O)N4CC(N)C4)cc23)c(=O)n2c1C(=O)NC21CCC1. The van der Waals surface area contributed by atoms with Crippen LogP contribution in [0.5, 0.6) is 0 Å². The first-order valence-electron chi connectivity index (χ1n) is 10.5. The number of nitrogens with two attached hydrogens (primary N) is 1. The zero-order valence-corrected chi connectivity index (χ0v) is 18.2. The highest BCUT2D eigenvalue weighted by atomic mass is 32.1. The molecule has 3 aromatic heterocycles. The molecule has 10 nitrogen and oxygen atoms in total. The molecule has 0 atom stereocenters. The summed E-state index contributed by atoms with van der Waals surface area (Å²) in [6, 6.07) is 3.46. The molecule has 5 heterocycles. The lowest BCUT2D eigenvalue weighted by molar-refractivity contribution is 0.0613. The predicted molar refractivity (Wildman–Crippen MR) is 119 cm³/mol. The number of hydrogen-bond acceptors (Lipinski definition) is 8. The monoisotopic (exact) mass is 451 g/mol. The van der Waals surface area contributed by atoms with Gasteiger partial charge < -0.3 is 21.3 Å². The lowest BCUT2D eigenvalue weighted by Crippen LogP contribution is -2.57. The van der Waals surface area contributed by atoms with Crippen molar-refractivity contribution < 1.29 is 9.59 Å². The number of pyridine rings is 1. The van der Waals surface area contributed by atoms with Crippen LogP contribution in [0.3, 0.4) is 0 Å². The molecule has 3 aliphatic rings. The van der Waals surface area contributed by atoms with E-state index in [1.165, 1.54) is 17.7 Å². The Bertz CT molecular complexity index is 1370. The molecule has 0 aromatic carbocycles. The van der Waals surface area contributed by atoms with Crippen LogP contribution < -0.4 is 21.9 Å². The lowest BCUT2D eigenvalue weighted by atomic mass is 9.85. The second kappa shape index (κ2) is 6.59. The number of carbonyl (C=O) groups is 2. The predicted octanol–water partition coefficient (Wildman–Crippen LogP) is 1.27. The summed E-state index contributed by atoms with van der Waals surface area (Å²) in [5.74, 6) is 0.162. The standard InChI is InChI=1S/C21H21N7O3S/c1-10-5-13(19(30)28-15(10)17(29)26-21(28)3-2-4-21)25-16-12-6-14(32-18(12)24-9-23-16)20(31)27-7-11(22)8-27/h5-6,9,11H,2-4,7-8,22H2,1H3,(H,26,29)(H,23,24,25). The Kier molecular flexibility index (Phi) is 3.99. The molecule has 0 unspecified atom stereocenters. The van der Waals surface area contributed by atoms with E-state index in [4.69, 9.17) is 5.73 Å². The minimum absolute atomic E-state index is 0.0294. The number of aromatic nitrogens is 3. The molecule has 2 amide bonds. The zero-order valence-electron chi connectivity index (χ0n) is 17.3. The molecule has 11 heteroatoms. The van der Waals surface area contributed by atoms with Gasteiger partial charge in [-0.1, -0.05) is 0 Å². The molecule has 32 heavy (non-hydrogen) atoms. The lowest BCUT2D eigenvalue weighted by Gasteiger charge is -2.39. The summed E-state index contributed by atoms with van der Waals surface area (Å²) < 4.78 is 1.60. The van der Waals surface area contributed by atoms with E-state index < -0.39 is 5.66 Å². The Morgan fingerprint density at radius 3 is 2.75 bits per heavy atom. The minimum Gasteiger partial charge on any atom is -0.335 e. The highest BCUT2D eigenvalue weighted by molar-refractivity contribution is 7.20. The van der Waals surface area contributed by atoms with Crippen LogP contribution in [-0.2, 0) is 5.66 Å². The van der Waals surface area contributed by atoms with Gasteiger partial charge in [0.15, 0.2) is 0 Å². The van der Waals surface area contributed by atoms with Gasteiger partial charge in [-0.05, 0) is 43.9 Å². The number of nitrogens with zero attached hydrogens (tertiary/aromatic N) is 4. The van der Waals surface area contributed by atoms with Crippen molar-refractivity contribution in [3.05, 3.63) is 44.9 Å². The molecule has 164 valence electrons. The van der Waals surface area contributed by atoms with E-state index in [2.05, 4.69) is 20.6 Å². The molecular weight excluding hydrogens is 430 g/mol. The van der Waals surface area contributed by atoms with Crippen LogP contribution >= 0.6 is 11.3 Å². The molecule has 3 aromatic rings. The Hall–Kier alpha value is -3.31. The number of anilines is 2. The fraction of sp³-hybridized carbons (Fsp3) is 0.381. The van der Waals surface area contributed by atoms with E-state index in [0.29, 0.717) is 50.9 Å². The highest BCUT2D eigenvalue weighted by Gasteiger charge is 2.48. The number of thiophene rings is 1. The third-order valence-corrected chi connectivity index (χ3v) is 7.58. The quantitative estimate of drug-likeness (QED) is 0.546. The van der Waals surface area contributed by atoms with Crippen molar-refractivity contribution in [3.63, 3.8) is 0 Å². The maximum absolute atomic E-state index is 13.4. The van der Waals surface area contributed by atoms with E-state index in [1.54, 1.807) is 21.6 Å². The molecule has 1 saturated heterocycles. The van der Waals surface area contributed by atoms with Gasteiger partial charge in [-0.25, -0.2) is 9.97 Å². The van der Waals surface area contributed by atoms with Gasteiger partial charge in [-0.15, -0.1) is 11.3 Å². The first kappa shape index (κ1) is 19.4. The summed E-state index contributed by atoms with van der Waals surface area (Å²) in [6.45, 7) is 2.91. The Morgan fingerprint density at radius 1 is 1.28 bits per heavy atom. The molecular formula is C21H21N7O3S. The Balaban J connectivity index is 1.40. The largest absolute Gasteiger partial charge is 0.335 e. The van der Waals surface area contributed by atoms with Gasteiger partial charge in [0.2, 0.25) is 0 Å². The number of carbonyl (C=O) groups excluding carboxylic acids is 2. The first-order chi connectivity index (χ1) is 15.4. The van der Waals surface area contributed by atoms with Crippen molar-refractivity contribution >= 4 is 44.9 Å². The van der Waals surface area contributed by atoms with Crippen molar-refractivity contribution in [2.75, 3.05) is 18.4 Å². The van der Waals surface area contributed by atoms with Crippen LogP contribution in [0.2, 0.25) is 0 Å². The summed E-state index contributed by atoms with van der Waals surface area (Å²) in [5.41, 5.74) is 6.38. The number of fused-ring (bicyclic) bond motifs is 3. The number of hydrogen-bond donors (Lipinski definition) is 3. The van der Waals surface area contributed by atoms with Gasteiger partial charge in [0.05, 0.1) is 10.3 Å². The van der Waals surface area contributed by atoms with Gasteiger partial charge in [0.25, 0.3) is 17.4 Å². The third kappa shape index (κ3) is 2.64. The average molecular weight is 452 g/mol. The van der Waals surface area contributed by atoms with Crippen LogP contribution in [0, 0.1) is 6.92 Å². The molecule has 0 radical (unpaired) electrons.